The number of benzene rings is 1. The van der Waals surface area contributed by atoms with Crippen molar-refractivity contribution in [3.8, 4) is 11.5 Å². The molecule has 6 heterocycles. The number of fused-ring (bicyclic) bond motifs is 3. The van der Waals surface area contributed by atoms with E-state index in [2.05, 4.69) is 53.1 Å². The second-order valence-electron chi connectivity index (χ2n) is 8.77. The lowest BCUT2D eigenvalue weighted by atomic mass is 9.75. The van der Waals surface area contributed by atoms with Gasteiger partial charge in [-0.15, -0.1) is 0 Å². The lowest BCUT2D eigenvalue weighted by Gasteiger charge is -2.51. The number of piperidine rings is 3. The second-order valence-corrected chi connectivity index (χ2v) is 8.77. The van der Waals surface area contributed by atoms with Crippen molar-refractivity contribution < 1.29 is 9.47 Å². The first kappa shape index (κ1) is 16.8. The van der Waals surface area contributed by atoms with E-state index in [9.17, 15) is 0 Å². The monoisotopic (exact) mass is 377 g/mol. The Morgan fingerprint density at radius 1 is 1.04 bits per heavy atom. The van der Waals surface area contributed by atoms with Crippen LogP contribution in [-0.4, -0.2) is 53.3 Å². The Bertz CT molecular complexity index is 893. The molecule has 146 valence electrons. The van der Waals surface area contributed by atoms with Gasteiger partial charge >= 0.3 is 0 Å². The van der Waals surface area contributed by atoms with Crippen molar-refractivity contribution in [3.63, 3.8) is 0 Å². The minimum atomic E-state index is 0.342. The molecule has 0 spiro atoms. The molecule has 3 atom stereocenters. The van der Waals surface area contributed by atoms with Crippen LogP contribution >= 0.6 is 0 Å². The van der Waals surface area contributed by atoms with Crippen molar-refractivity contribution in [1.29, 1.82) is 0 Å². The molecule has 28 heavy (non-hydrogen) atoms. The van der Waals surface area contributed by atoms with Gasteiger partial charge in [-0.25, -0.2) is 0 Å². The number of hydrogen-bond acceptors (Lipinski definition) is 5. The van der Waals surface area contributed by atoms with Gasteiger partial charge in [0.2, 0.25) is 6.79 Å². The summed E-state index contributed by atoms with van der Waals surface area (Å²) in [6, 6.07) is 14.2. The van der Waals surface area contributed by atoms with Crippen LogP contribution in [0.4, 0.5) is 0 Å². The Balaban J connectivity index is 1.34. The predicted octanol–water partition coefficient (Wildman–Crippen LogP) is 3.18. The van der Waals surface area contributed by atoms with Crippen molar-refractivity contribution in [2.45, 2.75) is 44.3 Å². The number of aromatic nitrogens is 1. The molecular weight excluding hydrogens is 350 g/mol. The summed E-state index contributed by atoms with van der Waals surface area (Å²) in [7, 11) is 0. The van der Waals surface area contributed by atoms with Crippen LogP contribution in [0.15, 0.2) is 36.4 Å². The van der Waals surface area contributed by atoms with Crippen molar-refractivity contribution >= 4 is 0 Å². The smallest absolute Gasteiger partial charge is 0.231 e. The average Bonchev–Trinajstić information content (AvgIpc) is 3.34. The molecule has 7 rings (SSSR count). The summed E-state index contributed by atoms with van der Waals surface area (Å²) in [5, 5.41) is 0. The first-order valence-electron chi connectivity index (χ1n) is 10.6. The molecule has 5 aliphatic heterocycles. The van der Waals surface area contributed by atoms with Gasteiger partial charge in [0.25, 0.3) is 0 Å². The molecule has 2 aromatic rings. The van der Waals surface area contributed by atoms with Crippen LogP contribution in [0.5, 0.6) is 11.5 Å². The number of pyridine rings is 1. The van der Waals surface area contributed by atoms with Gasteiger partial charge < -0.3 is 9.47 Å². The van der Waals surface area contributed by atoms with Gasteiger partial charge in [-0.1, -0.05) is 12.1 Å². The van der Waals surface area contributed by atoms with Crippen LogP contribution in [0.1, 0.15) is 35.7 Å². The second kappa shape index (κ2) is 6.46. The third-order valence-electron chi connectivity index (χ3n) is 7.23. The molecule has 5 nitrogen and oxygen atoms in total. The van der Waals surface area contributed by atoms with E-state index in [-0.39, 0.29) is 0 Å². The van der Waals surface area contributed by atoms with Crippen LogP contribution in [0.3, 0.4) is 0 Å². The molecule has 1 aromatic heterocycles. The van der Waals surface area contributed by atoms with Crippen LogP contribution in [0.25, 0.3) is 0 Å². The molecule has 0 radical (unpaired) electrons. The summed E-state index contributed by atoms with van der Waals surface area (Å²) in [5.74, 6) is 3.12. The standard InChI is InChI=1S/C23H27N3O2/c1-15-3-2-4-18(24-15)12-26-13-19(17-5-6-20-21(11-17)28-14-27-20)23-22(26)16-7-9-25(23)10-8-16/h2-6,11,16,19,22-23H,7-10,12-14H2,1H3/t19-,22+,23+/m1/s1. The summed E-state index contributed by atoms with van der Waals surface area (Å²) in [4.78, 5) is 10.3. The Labute approximate surface area is 166 Å². The third kappa shape index (κ3) is 2.64. The lowest BCUT2D eigenvalue weighted by Crippen LogP contribution is -2.60. The van der Waals surface area contributed by atoms with E-state index in [1.807, 2.05) is 0 Å². The van der Waals surface area contributed by atoms with Crippen LogP contribution in [0, 0.1) is 12.8 Å². The van der Waals surface area contributed by atoms with Gasteiger partial charge in [0, 0.05) is 36.8 Å². The van der Waals surface area contributed by atoms with Crippen LogP contribution < -0.4 is 9.47 Å². The van der Waals surface area contributed by atoms with Crippen LogP contribution in [-0.2, 0) is 6.54 Å². The summed E-state index contributed by atoms with van der Waals surface area (Å²) in [5.41, 5.74) is 3.70. The van der Waals surface area contributed by atoms with Gasteiger partial charge in [0.05, 0.1) is 5.69 Å². The van der Waals surface area contributed by atoms with E-state index in [0.29, 0.717) is 24.8 Å². The molecule has 5 heteroatoms. The molecule has 1 aromatic carbocycles. The molecule has 0 aliphatic carbocycles. The molecule has 4 saturated heterocycles. The van der Waals surface area contributed by atoms with Gasteiger partial charge in [-0.05, 0) is 68.6 Å². The lowest BCUT2D eigenvalue weighted by molar-refractivity contribution is -0.00899. The number of likely N-dealkylation sites (tertiary alicyclic amines) is 1. The molecule has 4 fully saturated rings. The Hall–Kier alpha value is -2.11. The zero-order valence-electron chi connectivity index (χ0n) is 16.4. The Kier molecular flexibility index (Phi) is 3.88. The Morgan fingerprint density at radius 3 is 2.75 bits per heavy atom. The molecular formula is C23H27N3O2. The number of rotatable bonds is 3. The van der Waals surface area contributed by atoms with Crippen LogP contribution in [0.2, 0.25) is 0 Å². The fraction of sp³-hybridized carbons (Fsp3) is 0.522. The first-order chi connectivity index (χ1) is 13.8. The Morgan fingerprint density at radius 2 is 1.89 bits per heavy atom. The fourth-order valence-electron chi connectivity index (χ4n) is 6.05. The zero-order valence-corrected chi connectivity index (χ0v) is 16.4. The third-order valence-corrected chi connectivity index (χ3v) is 7.23. The number of aryl methyl sites for hydroxylation is 1. The molecule has 0 saturated carbocycles. The molecule has 0 N–H and O–H groups in total. The summed E-state index contributed by atoms with van der Waals surface area (Å²) < 4.78 is 11.2. The summed E-state index contributed by atoms with van der Waals surface area (Å²) in [6.45, 7) is 6.98. The average molecular weight is 377 g/mol. The largest absolute Gasteiger partial charge is 0.454 e. The molecule has 5 aliphatic rings. The fourth-order valence-corrected chi connectivity index (χ4v) is 6.05. The SMILES string of the molecule is Cc1cccc(CN2C[C@H](c3ccc4c(c3)OCO4)[C@H]3[C@@H]2C2CCN3CC2)n1. The van der Waals surface area contributed by atoms with Crippen molar-refractivity contribution in [2.24, 2.45) is 5.92 Å². The highest BCUT2D eigenvalue weighted by Gasteiger charge is 2.53. The normalized spacial score (nSPS) is 33.2. The van der Waals surface area contributed by atoms with E-state index in [4.69, 9.17) is 14.5 Å². The topological polar surface area (TPSA) is 37.8 Å². The summed E-state index contributed by atoms with van der Waals surface area (Å²) in [6.07, 6.45) is 2.68. The van der Waals surface area contributed by atoms with E-state index in [0.717, 1.165) is 36.2 Å². The van der Waals surface area contributed by atoms with Crippen molar-refractivity contribution in [3.05, 3.63) is 53.3 Å². The maximum absolute atomic E-state index is 5.67. The van der Waals surface area contributed by atoms with E-state index >= 15 is 0 Å². The van der Waals surface area contributed by atoms with Gasteiger partial charge in [0.15, 0.2) is 11.5 Å². The van der Waals surface area contributed by atoms with Gasteiger partial charge in [0.1, 0.15) is 0 Å². The molecule has 2 bridgehead atoms. The first-order valence-corrected chi connectivity index (χ1v) is 10.6. The maximum atomic E-state index is 5.67. The van der Waals surface area contributed by atoms with Crippen molar-refractivity contribution in [2.75, 3.05) is 26.4 Å². The van der Waals surface area contributed by atoms with E-state index in [1.54, 1.807) is 0 Å². The highest BCUT2D eigenvalue weighted by atomic mass is 16.7. The number of nitrogens with zero attached hydrogens (tertiary/aromatic N) is 3. The van der Waals surface area contributed by atoms with E-state index in [1.165, 1.54) is 37.2 Å². The van der Waals surface area contributed by atoms with Gasteiger partial charge in [-0.2, -0.15) is 0 Å². The zero-order chi connectivity index (χ0) is 18.7. The molecule has 0 amide bonds. The number of ether oxygens (including phenoxy) is 2. The molecule has 0 unspecified atom stereocenters. The number of hydrogen-bond donors (Lipinski definition) is 0. The predicted molar refractivity (Wildman–Crippen MR) is 107 cm³/mol. The van der Waals surface area contributed by atoms with Crippen molar-refractivity contribution in [1.82, 2.24) is 14.8 Å². The van der Waals surface area contributed by atoms with Gasteiger partial charge in [-0.3, -0.25) is 14.8 Å². The minimum Gasteiger partial charge on any atom is -0.454 e. The quantitative estimate of drug-likeness (QED) is 0.821. The summed E-state index contributed by atoms with van der Waals surface area (Å²) >= 11 is 0. The van der Waals surface area contributed by atoms with E-state index < -0.39 is 0 Å². The highest BCUT2D eigenvalue weighted by Crippen LogP contribution is 2.48. The highest BCUT2D eigenvalue weighted by molar-refractivity contribution is 5.46. The maximum Gasteiger partial charge on any atom is 0.231 e. The minimum absolute atomic E-state index is 0.342.